The van der Waals surface area contributed by atoms with Crippen LogP contribution in [0.25, 0.3) is 0 Å². The van der Waals surface area contributed by atoms with Crippen LogP contribution in [0, 0.1) is 13.8 Å². The van der Waals surface area contributed by atoms with E-state index in [1.165, 1.54) is 24.8 Å². The predicted molar refractivity (Wildman–Crippen MR) is 109 cm³/mol. The summed E-state index contributed by atoms with van der Waals surface area (Å²) >= 11 is 0. The third-order valence-electron chi connectivity index (χ3n) is 5.11. The van der Waals surface area contributed by atoms with E-state index in [1.807, 2.05) is 32.0 Å². The van der Waals surface area contributed by atoms with Crippen LogP contribution < -0.4 is 16.0 Å². The largest absolute Gasteiger partial charge is 0.349 e. The number of aryl methyl sites for hydroxylation is 2. The van der Waals surface area contributed by atoms with E-state index in [-0.39, 0.29) is 18.0 Å². The van der Waals surface area contributed by atoms with Crippen LogP contribution in [0.15, 0.2) is 42.5 Å². The summed E-state index contributed by atoms with van der Waals surface area (Å²) in [5, 5.41) is 8.71. The van der Waals surface area contributed by atoms with Crippen molar-refractivity contribution in [2.24, 2.45) is 0 Å². The molecule has 0 aliphatic heterocycles. The van der Waals surface area contributed by atoms with E-state index >= 15 is 0 Å². The maximum absolute atomic E-state index is 12.3. The second kappa shape index (κ2) is 8.71. The summed E-state index contributed by atoms with van der Waals surface area (Å²) in [6.45, 7) is 4.04. The lowest BCUT2D eigenvalue weighted by molar-refractivity contribution is 0.0927. The van der Waals surface area contributed by atoms with Crippen molar-refractivity contribution in [3.63, 3.8) is 0 Å². The second-order valence-electron chi connectivity index (χ2n) is 7.26. The van der Waals surface area contributed by atoms with E-state index < -0.39 is 0 Å². The van der Waals surface area contributed by atoms with Crippen LogP contribution in [0.4, 0.5) is 16.2 Å². The molecular weight excluding hydrogens is 338 g/mol. The zero-order chi connectivity index (χ0) is 19.2. The Morgan fingerprint density at radius 2 is 1.44 bits per heavy atom. The molecule has 0 aromatic heterocycles. The number of hydrogen-bond donors (Lipinski definition) is 3. The van der Waals surface area contributed by atoms with Crippen LogP contribution in [0.3, 0.4) is 0 Å². The second-order valence-corrected chi connectivity index (χ2v) is 7.26. The molecular formula is C22H27N3O2. The Morgan fingerprint density at radius 3 is 2.11 bits per heavy atom. The first-order valence-corrected chi connectivity index (χ1v) is 9.57. The third-order valence-corrected chi connectivity index (χ3v) is 5.11. The highest BCUT2D eigenvalue weighted by atomic mass is 16.2. The molecule has 1 saturated carbocycles. The van der Waals surface area contributed by atoms with Crippen LogP contribution in [0.2, 0.25) is 0 Å². The van der Waals surface area contributed by atoms with E-state index in [0.29, 0.717) is 11.3 Å². The number of benzene rings is 2. The molecule has 0 spiro atoms. The van der Waals surface area contributed by atoms with E-state index in [9.17, 15) is 9.59 Å². The number of rotatable bonds is 4. The minimum Gasteiger partial charge on any atom is -0.349 e. The van der Waals surface area contributed by atoms with Crippen molar-refractivity contribution >= 4 is 23.3 Å². The molecule has 3 amide bonds. The first-order valence-electron chi connectivity index (χ1n) is 9.57. The zero-order valence-corrected chi connectivity index (χ0v) is 16.0. The van der Waals surface area contributed by atoms with E-state index in [1.54, 1.807) is 24.3 Å². The summed E-state index contributed by atoms with van der Waals surface area (Å²) in [5.74, 6) is -0.0481. The lowest BCUT2D eigenvalue weighted by Gasteiger charge is -2.22. The summed E-state index contributed by atoms with van der Waals surface area (Å²) in [6.07, 6.45) is 5.75. The molecule has 0 saturated heterocycles. The molecule has 2 aromatic rings. The smallest absolute Gasteiger partial charge is 0.323 e. The molecule has 0 bridgehead atoms. The topological polar surface area (TPSA) is 70.2 Å². The Balaban J connectivity index is 1.54. The molecule has 3 rings (SSSR count). The molecule has 0 heterocycles. The average Bonchev–Trinajstić information content (AvgIpc) is 2.66. The standard InChI is InChI=1S/C22H27N3O2/c1-15-8-11-20(14-16(15)2)25-22(27)24-19-12-9-17(10-13-19)21(26)23-18-6-4-3-5-7-18/h8-14,18H,3-7H2,1-2H3,(H,23,26)(H2,24,25,27). The Labute approximate surface area is 160 Å². The van der Waals surface area contributed by atoms with Gasteiger partial charge in [-0.25, -0.2) is 4.79 Å². The molecule has 27 heavy (non-hydrogen) atoms. The Morgan fingerprint density at radius 1 is 0.815 bits per heavy atom. The normalized spacial score (nSPS) is 14.4. The summed E-state index contributed by atoms with van der Waals surface area (Å²) < 4.78 is 0. The molecule has 2 aromatic carbocycles. The maximum Gasteiger partial charge on any atom is 0.323 e. The summed E-state index contributed by atoms with van der Waals surface area (Å²) in [7, 11) is 0. The molecule has 0 unspecified atom stereocenters. The zero-order valence-electron chi connectivity index (χ0n) is 16.0. The molecule has 1 aliphatic carbocycles. The van der Waals surface area contributed by atoms with Gasteiger partial charge in [0.2, 0.25) is 0 Å². The van der Waals surface area contributed by atoms with Crippen molar-refractivity contribution in [2.75, 3.05) is 10.6 Å². The fourth-order valence-electron chi connectivity index (χ4n) is 3.33. The summed E-state index contributed by atoms with van der Waals surface area (Å²) in [6, 6.07) is 12.7. The van der Waals surface area contributed by atoms with E-state index in [0.717, 1.165) is 24.1 Å². The Kier molecular flexibility index (Phi) is 6.12. The fraction of sp³-hybridized carbons (Fsp3) is 0.364. The molecule has 142 valence electrons. The summed E-state index contributed by atoms with van der Waals surface area (Å²) in [4.78, 5) is 24.5. The van der Waals surface area contributed by atoms with Gasteiger partial charge in [-0.1, -0.05) is 25.3 Å². The fourth-order valence-corrected chi connectivity index (χ4v) is 3.33. The number of anilines is 2. The molecule has 5 nitrogen and oxygen atoms in total. The third kappa shape index (κ3) is 5.33. The number of carbonyl (C=O) groups is 2. The van der Waals surface area contributed by atoms with Gasteiger partial charge in [0, 0.05) is 23.0 Å². The van der Waals surface area contributed by atoms with Crippen LogP contribution in [-0.4, -0.2) is 18.0 Å². The summed E-state index contributed by atoms with van der Waals surface area (Å²) in [5.41, 5.74) is 4.31. The van der Waals surface area contributed by atoms with Crippen molar-refractivity contribution in [3.8, 4) is 0 Å². The highest BCUT2D eigenvalue weighted by Crippen LogP contribution is 2.18. The highest BCUT2D eigenvalue weighted by molar-refractivity contribution is 6.00. The number of urea groups is 1. The van der Waals surface area contributed by atoms with Gasteiger partial charge in [0.1, 0.15) is 0 Å². The Hall–Kier alpha value is -2.82. The van der Waals surface area contributed by atoms with E-state index in [2.05, 4.69) is 16.0 Å². The maximum atomic E-state index is 12.3. The van der Waals surface area contributed by atoms with Crippen molar-refractivity contribution < 1.29 is 9.59 Å². The molecule has 1 fully saturated rings. The molecule has 0 radical (unpaired) electrons. The van der Waals surface area contributed by atoms with Crippen molar-refractivity contribution in [2.45, 2.75) is 52.0 Å². The van der Waals surface area contributed by atoms with Gasteiger partial charge in [-0.15, -0.1) is 0 Å². The van der Waals surface area contributed by atoms with Crippen LogP contribution >= 0.6 is 0 Å². The van der Waals surface area contributed by atoms with Crippen molar-refractivity contribution in [3.05, 3.63) is 59.2 Å². The minimum atomic E-state index is -0.308. The van der Waals surface area contributed by atoms with E-state index in [4.69, 9.17) is 0 Å². The first-order chi connectivity index (χ1) is 13.0. The molecule has 3 N–H and O–H groups in total. The van der Waals surface area contributed by atoms with Crippen LogP contribution in [-0.2, 0) is 0 Å². The van der Waals surface area contributed by atoms with Gasteiger partial charge in [-0.3, -0.25) is 4.79 Å². The number of nitrogens with one attached hydrogen (secondary N) is 3. The quantitative estimate of drug-likeness (QED) is 0.713. The van der Waals surface area contributed by atoms with Crippen LogP contribution in [0.5, 0.6) is 0 Å². The average molecular weight is 365 g/mol. The van der Waals surface area contributed by atoms with Crippen LogP contribution in [0.1, 0.15) is 53.6 Å². The van der Waals surface area contributed by atoms with Gasteiger partial charge in [0.05, 0.1) is 0 Å². The van der Waals surface area contributed by atoms with Crippen molar-refractivity contribution in [1.82, 2.24) is 5.32 Å². The molecule has 5 heteroatoms. The Bertz CT molecular complexity index is 809. The monoisotopic (exact) mass is 365 g/mol. The number of amides is 3. The van der Waals surface area contributed by atoms with Gasteiger partial charge < -0.3 is 16.0 Å². The number of hydrogen-bond acceptors (Lipinski definition) is 2. The first kappa shape index (κ1) is 19.0. The van der Waals surface area contributed by atoms with Crippen molar-refractivity contribution in [1.29, 1.82) is 0 Å². The molecule has 1 aliphatic rings. The van der Waals surface area contributed by atoms with Gasteiger partial charge in [0.15, 0.2) is 0 Å². The van der Waals surface area contributed by atoms with Gasteiger partial charge >= 0.3 is 6.03 Å². The van der Waals surface area contributed by atoms with Gasteiger partial charge in [0.25, 0.3) is 5.91 Å². The highest BCUT2D eigenvalue weighted by Gasteiger charge is 2.16. The van der Waals surface area contributed by atoms with Gasteiger partial charge in [-0.05, 0) is 74.2 Å². The number of carbonyl (C=O) groups excluding carboxylic acids is 2. The lowest BCUT2D eigenvalue weighted by atomic mass is 9.95. The minimum absolute atomic E-state index is 0.0481. The SMILES string of the molecule is Cc1ccc(NC(=O)Nc2ccc(C(=O)NC3CCCCC3)cc2)cc1C. The lowest BCUT2D eigenvalue weighted by Crippen LogP contribution is -2.36. The predicted octanol–water partition coefficient (Wildman–Crippen LogP) is 5.01. The van der Waals surface area contributed by atoms with Gasteiger partial charge in [-0.2, -0.15) is 0 Å². The molecule has 0 atom stereocenters.